The van der Waals surface area contributed by atoms with E-state index < -0.39 is 32.5 Å². The molecule has 0 rings (SSSR count). The molecule has 0 aromatic carbocycles. The lowest BCUT2D eigenvalue weighted by Crippen LogP contribution is -2.29. The molecule has 1 unspecified atom stereocenters. The maximum Gasteiger partial charge on any atom is 0.469 e. The largest absolute Gasteiger partial charge is 0.469 e. The number of hydrogen-bond acceptors (Lipinski definition) is 6. The van der Waals surface area contributed by atoms with Gasteiger partial charge >= 0.3 is 19.8 Å². The Kier molecular flexibility index (Phi) is 32.8. The standard InChI is InChI=1S/C37H71O8P/c1-3-5-7-9-11-13-15-16-17-18-19-20-21-22-24-26-28-30-32-37(39)45-35(34-44-46(40,41)42)33-43-36(38)31-29-27-25-23-14-12-10-8-6-4-2/h17-18,35H,3-16,19-34H2,1-2H3,(H2,40,41,42)/b18-17-. The molecule has 0 amide bonds. The van der Waals surface area contributed by atoms with Gasteiger partial charge in [-0.05, 0) is 38.5 Å². The second kappa shape index (κ2) is 33.7. The predicted octanol–water partition coefficient (Wildman–Crippen LogP) is 11.1. The van der Waals surface area contributed by atoms with Crippen molar-refractivity contribution >= 4 is 19.8 Å². The monoisotopic (exact) mass is 674 g/mol. The first kappa shape index (κ1) is 44.8. The normalized spacial score (nSPS) is 12.5. The van der Waals surface area contributed by atoms with Gasteiger partial charge in [-0.25, -0.2) is 4.57 Å². The maximum atomic E-state index is 12.3. The average Bonchev–Trinajstić information content (AvgIpc) is 3.02. The molecule has 0 aliphatic heterocycles. The Balaban J connectivity index is 3.92. The number of carbonyl (C=O) groups is 2. The fraction of sp³-hybridized carbons (Fsp3) is 0.892. The Morgan fingerprint density at radius 1 is 0.543 bits per heavy atom. The van der Waals surface area contributed by atoms with E-state index >= 15 is 0 Å². The van der Waals surface area contributed by atoms with Gasteiger partial charge in [0, 0.05) is 12.8 Å². The summed E-state index contributed by atoms with van der Waals surface area (Å²) in [5, 5.41) is 0. The van der Waals surface area contributed by atoms with E-state index in [0.29, 0.717) is 6.42 Å². The van der Waals surface area contributed by atoms with Crippen molar-refractivity contribution in [1.82, 2.24) is 0 Å². The molecule has 0 saturated carbocycles. The van der Waals surface area contributed by atoms with Gasteiger partial charge in [-0.15, -0.1) is 0 Å². The van der Waals surface area contributed by atoms with Crippen molar-refractivity contribution in [2.24, 2.45) is 0 Å². The Labute approximate surface area is 282 Å². The second-order valence-corrected chi connectivity index (χ2v) is 14.1. The highest BCUT2D eigenvalue weighted by Crippen LogP contribution is 2.36. The van der Waals surface area contributed by atoms with Gasteiger partial charge in [-0.2, -0.15) is 0 Å². The number of hydrogen-bond donors (Lipinski definition) is 2. The molecule has 0 radical (unpaired) electrons. The van der Waals surface area contributed by atoms with Crippen LogP contribution in [0, 0.1) is 0 Å². The topological polar surface area (TPSA) is 119 Å². The fourth-order valence-electron chi connectivity index (χ4n) is 5.43. The molecule has 46 heavy (non-hydrogen) atoms. The summed E-state index contributed by atoms with van der Waals surface area (Å²) in [4.78, 5) is 42.6. The van der Waals surface area contributed by atoms with Gasteiger partial charge in [0.2, 0.25) is 0 Å². The fourth-order valence-corrected chi connectivity index (χ4v) is 5.79. The van der Waals surface area contributed by atoms with Crippen LogP contribution in [0.3, 0.4) is 0 Å². The summed E-state index contributed by atoms with van der Waals surface area (Å²) in [6, 6.07) is 0. The average molecular weight is 675 g/mol. The SMILES string of the molecule is CCCCCCCCC/C=C\CCCCCCCCCC(=O)OC(COC(=O)CCCCCCCCCCCC)COP(=O)(O)O. The Bertz CT molecular complexity index is 766. The number of rotatable bonds is 35. The first-order valence-corrected chi connectivity index (χ1v) is 20.5. The number of phosphoric acid groups is 1. The lowest BCUT2D eigenvalue weighted by atomic mass is 10.1. The van der Waals surface area contributed by atoms with E-state index in [1.165, 1.54) is 116 Å². The molecule has 9 heteroatoms. The van der Waals surface area contributed by atoms with Crippen LogP contribution in [0.1, 0.15) is 194 Å². The highest BCUT2D eigenvalue weighted by atomic mass is 31.2. The number of carbonyl (C=O) groups excluding carboxylic acids is 2. The van der Waals surface area contributed by atoms with Crippen LogP contribution in [0.25, 0.3) is 0 Å². The molecule has 8 nitrogen and oxygen atoms in total. The number of allylic oxidation sites excluding steroid dienone is 2. The molecule has 1 atom stereocenters. The van der Waals surface area contributed by atoms with Crippen LogP contribution >= 0.6 is 7.82 Å². The van der Waals surface area contributed by atoms with Crippen molar-refractivity contribution in [1.29, 1.82) is 0 Å². The van der Waals surface area contributed by atoms with Gasteiger partial charge in [0.05, 0.1) is 6.61 Å². The van der Waals surface area contributed by atoms with E-state index in [-0.39, 0.29) is 19.4 Å². The van der Waals surface area contributed by atoms with Gasteiger partial charge < -0.3 is 19.3 Å². The summed E-state index contributed by atoms with van der Waals surface area (Å²) in [6.07, 6.45) is 35.1. The van der Waals surface area contributed by atoms with Crippen LogP contribution < -0.4 is 0 Å². The Morgan fingerprint density at radius 2 is 0.913 bits per heavy atom. The molecule has 272 valence electrons. The third-order valence-electron chi connectivity index (χ3n) is 8.28. The minimum Gasteiger partial charge on any atom is -0.462 e. The summed E-state index contributed by atoms with van der Waals surface area (Å²) in [5.41, 5.74) is 0. The first-order chi connectivity index (χ1) is 22.3. The highest BCUT2D eigenvalue weighted by Gasteiger charge is 2.22. The molecule has 0 spiro atoms. The minimum atomic E-state index is -4.74. The maximum absolute atomic E-state index is 12.3. The summed E-state index contributed by atoms with van der Waals surface area (Å²) in [5.74, 6) is -0.885. The summed E-state index contributed by atoms with van der Waals surface area (Å²) in [7, 11) is -4.74. The molecule has 0 aromatic rings. The van der Waals surface area contributed by atoms with Crippen LogP contribution in [-0.4, -0.2) is 41.0 Å². The molecule has 2 N–H and O–H groups in total. The van der Waals surface area contributed by atoms with Crippen LogP contribution in [0.2, 0.25) is 0 Å². The molecule has 0 fully saturated rings. The zero-order valence-electron chi connectivity index (χ0n) is 29.7. The molecule has 0 aromatic heterocycles. The van der Waals surface area contributed by atoms with Crippen molar-refractivity contribution in [2.45, 2.75) is 200 Å². The molecular weight excluding hydrogens is 603 g/mol. The highest BCUT2D eigenvalue weighted by molar-refractivity contribution is 7.46. The quantitative estimate of drug-likeness (QED) is 0.0295. The van der Waals surface area contributed by atoms with Crippen molar-refractivity contribution in [2.75, 3.05) is 13.2 Å². The lowest BCUT2D eigenvalue weighted by molar-refractivity contribution is -0.161. The van der Waals surface area contributed by atoms with Gasteiger partial charge in [0.15, 0.2) is 6.10 Å². The van der Waals surface area contributed by atoms with Gasteiger partial charge in [-0.1, -0.05) is 154 Å². The molecule has 0 saturated heterocycles. The van der Waals surface area contributed by atoms with Crippen molar-refractivity contribution in [3.63, 3.8) is 0 Å². The van der Waals surface area contributed by atoms with Gasteiger partial charge in [0.1, 0.15) is 6.61 Å². The van der Waals surface area contributed by atoms with Crippen LogP contribution in [0.5, 0.6) is 0 Å². The van der Waals surface area contributed by atoms with Gasteiger partial charge in [-0.3, -0.25) is 14.1 Å². The van der Waals surface area contributed by atoms with E-state index in [1.54, 1.807) is 0 Å². The van der Waals surface area contributed by atoms with E-state index in [9.17, 15) is 14.2 Å². The van der Waals surface area contributed by atoms with E-state index in [1.807, 2.05) is 0 Å². The summed E-state index contributed by atoms with van der Waals surface area (Å²) >= 11 is 0. The molecular formula is C37H71O8P. The van der Waals surface area contributed by atoms with Crippen molar-refractivity contribution < 1.29 is 37.9 Å². The molecule has 0 aliphatic carbocycles. The van der Waals surface area contributed by atoms with E-state index in [2.05, 4.69) is 30.5 Å². The predicted molar refractivity (Wildman–Crippen MR) is 189 cm³/mol. The van der Waals surface area contributed by atoms with Gasteiger partial charge in [0.25, 0.3) is 0 Å². The van der Waals surface area contributed by atoms with E-state index in [4.69, 9.17) is 19.3 Å². The first-order valence-electron chi connectivity index (χ1n) is 19.0. The van der Waals surface area contributed by atoms with Crippen molar-refractivity contribution in [3.05, 3.63) is 12.2 Å². The number of phosphoric ester groups is 1. The van der Waals surface area contributed by atoms with Crippen LogP contribution in [-0.2, 0) is 28.2 Å². The van der Waals surface area contributed by atoms with Crippen LogP contribution in [0.15, 0.2) is 12.2 Å². The summed E-state index contributed by atoms with van der Waals surface area (Å²) < 4.78 is 26.3. The second-order valence-electron chi connectivity index (χ2n) is 12.9. The Morgan fingerprint density at radius 3 is 1.33 bits per heavy atom. The molecule has 0 bridgehead atoms. The van der Waals surface area contributed by atoms with Crippen LogP contribution in [0.4, 0.5) is 0 Å². The number of esters is 2. The molecule has 0 heterocycles. The van der Waals surface area contributed by atoms with E-state index in [0.717, 1.165) is 44.9 Å². The molecule has 0 aliphatic rings. The summed E-state index contributed by atoms with van der Waals surface area (Å²) in [6.45, 7) is 3.66. The zero-order valence-corrected chi connectivity index (χ0v) is 30.6. The lowest BCUT2D eigenvalue weighted by Gasteiger charge is -2.18. The Hall–Kier alpha value is -1.21. The number of ether oxygens (including phenoxy) is 2. The smallest absolute Gasteiger partial charge is 0.462 e. The van der Waals surface area contributed by atoms with Crippen molar-refractivity contribution in [3.8, 4) is 0 Å². The third-order valence-corrected chi connectivity index (χ3v) is 8.77. The minimum absolute atomic E-state index is 0.211. The number of unbranched alkanes of at least 4 members (excludes halogenated alkanes) is 23. The third kappa shape index (κ3) is 35.6. The zero-order chi connectivity index (χ0) is 34.0.